The third kappa shape index (κ3) is 3.14. The van der Waals surface area contributed by atoms with E-state index in [1.807, 2.05) is 30.5 Å². The summed E-state index contributed by atoms with van der Waals surface area (Å²) in [5, 5.41) is 1.23. The Kier molecular flexibility index (Phi) is 4.10. The molecule has 0 unspecified atom stereocenters. The van der Waals surface area contributed by atoms with Crippen molar-refractivity contribution < 1.29 is 0 Å². The highest BCUT2D eigenvalue weighted by Crippen LogP contribution is 2.21. The first-order valence-electron chi connectivity index (χ1n) is 9.63. The van der Waals surface area contributed by atoms with Gasteiger partial charge in [0, 0.05) is 42.5 Å². The SMILES string of the molecule is Cc1ccc(-c2nc3c(c(=O)[nH]2)CCN(Cc2ccc4cc[nH]c4c2)C3)cc1. The van der Waals surface area contributed by atoms with E-state index in [-0.39, 0.29) is 5.56 Å². The molecular weight excluding hydrogens is 348 g/mol. The van der Waals surface area contributed by atoms with Crippen molar-refractivity contribution in [3.05, 3.63) is 87.5 Å². The van der Waals surface area contributed by atoms with Gasteiger partial charge in [-0.1, -0.05) is 42.0 Å². The second-order valence-electron chi connectivity index (χ2n) is 7.57. The number of aromatic amines is 2. The van der Waals surface area contributed by atoms with Gasteiger partial charge in [-0.15, -0.1) is 0 Å². The molecule has 0 aliphatic carbocycles. The zero-order chi connectivity index (χ0) is 19.1. The minimum atomic E-state index is -0.00645. The zero-order valence-corrected chi connectivity index (χ0v) is 15.8. The average molecular weight is 370 g/mol. The molecule has 0 radical (unpaired) electrons. The van der Waals surface area contributed by atoms with Gasteiger partial charge in [0.05, 0.1) is 5.69 Å². The molecule has 2 N–H and O–H groups in total. The summed E-state index contributed by atoms with van der Waals surface area (Å²) in [5.41, 5.74) is 6.27. The Morgan fingerprint density at radius 1 is 1.11 bits per heavy atom. The van der Waals surface area contributed by atoms with Crippen LogP contribution in [0.1, 0.15) is 22.4 Å². The van der Waals surface area contributed by atoms with Crippen molar-refractivity contribution in [1.29, 1.82) is 0 Å². The van der Waals surface area contributed by atoms with Crippen LogP contribution in [0.25, 0.3) is 22.3 Å². The van der Waals surface area contributed by atoms with Gasteiger partial charge in [-0.3, -0.25) is 9.69 Å². The summed E-state index contributed by atoms with van der Waals surface area (Å²) in [5.74, 6) is 0.651. The van der Waals surface area contributed by atoms with E-state index in [9.17, 15) is 4.79 Å². The van der Waals surface area contributed by atoms with Crippen LogP contribution in [0.3, 0.4) is 0 Å². The molecule has 1 aliphatic rings. The van der Waals surface area contributed by atoms with Crippen LogP contribution >= 0.6 is 0 Å². The predicted molar refractivity (Wildman–Crippen MR) is 111 cm³/mol. The summed E-state index contributed by atoms with van der Waals surface area (Å²) >= 11 is 0. The maximum absolute atomic E-state index is 12.6. The molecule has 4 aromatic rings. The molecule has 2 aromatic carbocycles. The summed E-state index contributed by atoms with van der Waals surface area (Å²) in [6, 6.07) is 16.7. The molecule has 5 nitrogen and oxygen atoms in total. The van der Waals surface area contributed by atoms with E-state index in [1.165, 1.54) is 16.5 Å². The van der Waals surface area contributed by atoms with Crippen LogP contribution in [0, 0.1) is 6.92 Å². The van der Waals surface area contributed by atoms with E-state index in [4.69, 9.17) is 4.98 Å². The van der Waals surface area contributed by atoms with E-state index in [0.717, 1.165) is 41.8 Å². The van der Waals surface area contributed by atoms with Crippen molar-refractivity contribution in [2.45, 2.75) is 26.4 Å². The number of nitrogens with zero attached hydrogens (tertiary/aromatic N) is 2. The first-order chi connectivity index (χ1) is 13.7. The van der Waals surface area contributed by atoms with Crippen LogP contribution in [0.15, 0.2) is 59.5 Å². The topological polar surface area (TPSA) is 64.8 Å². The Labute approximate surface area is 163 Å². The largest absolute Gasteiger partial charge is 0.361 e. The van der Waals surface area contributed by atoms with E-state index >= 15 is 0 Å². The van der Waals surface area contributed by atoms with Gasteiger partial charge in [0.2, 0.25) is 0 Å². The van der Waals surface area contributed by atoms with Gasteiger partial charge in [0.15, 0.2) is 0 Å². The first-order valence-corrected chi connectivity index (χ1v) is 9.63. The number of aryl methyl sites for hydroxylation is 1. The molecule has 140 valence electrons. The zero-order valence-electron chi connectivity index (χ0n) is 15.8. The number of rotatable bonds is 3. The van der Waals surface area contributed by atoms with Crippen molar-refractivity contribution in [2.75, 3.05) is 6.54 Å². The van der Waals surface area contributed by atoms with Crippen LogP contribution in [0.4, 0.5) is 0 Å². The molecule has 3 heterocycles. The van der Waals surface area contributed by atoms with Gasteiger partial charge in [-0.25, -0.2) is 4.98 Å². The van der Waals surface area contributed by atoms with Gasteiger partial charge >= 0.3 is 0 Å². The lowest BCUT2D eigenvalue weighted by atomic mass is 10.0. The highest BCUT2D eigenvalue weighted by atomic mass is 16.1. The minimum absolute atomic E-state index is 0.00645. The quantitative estimate of drug-likeness (QED) is 0.577. The molecule has 1 aliphatic heterocycles. The number of fused-ring (bicyclic) bond motifs is 2. The molecule has 0 spiro atoms. The molecule has 0 saturated carbocycles. The molecule has 28 heavy (non-hydrogen) atoms. The summed E-state index contributed by atoms with van der Waals surface area (Å²) in [6.45, 7) is 4.46. The molecule has 0 fully saturated rings. The first kappa shape index (κ1) is 17.0. The van der Waals surface area contributed by atoms with Gasteiger partial charge < -0.3 is 9.97 Å². The van der Waals surface area contributed by atoms with Gasteiger partial charge in [0.25, 0.3) is 5.56 Å². The number of nitrogens with one attached hydrogen (secondary N) is 2. The second-order valence-corrected chi connectivity index (χ2v) is 7.57. The number of H-pyrrole nitrogens is 2. The van der Waals surface area contributed by atoms with Crippen molar-refractivity contribution in [3.63, 3.8) is 0 Å². The monoisotopic (exact) mass is 370 g/mol. The van der Waals surface area contributed by atoms with Crippen LogP contribution < -0.4 is 5.56 Å². The van der Waals surface area contributed by atoms with Crippen molar-refractivity contribution in [3.8, 4) is 11.4 Å². The molecule has 0 amide bonds. The number of aromatic nitrogens is 3. The fourth-order valence-electron chi connectivity index (χ4n) is 3.93. The van der Waals surface area contributed by atoms with E-state index in [2.05, 4.69) is 46.1 Å². The van der Waals surface area contributed by atoms with Gasteiger partial charge in [-0.05, 0) is 36.4 Å². The number of benzene rings is 2. The standard InChI is InChI=1S/C23H22N4O/c1-15-2-5-18(6-3-15)22-25-21-14-27(11-9-19(21)23(28)26-22)13-16-4-7-17-8-10-24-20(17)12-16/h2-8,10,12,24H,9,11,13-14H2,1H3,(H,25,26,28). The molecule has 0 bridgehead atoms. The predicted octanol–water partition coefficient (Wildman–Crippen LogP) is 3.78. The lowest BCUT2D eigenvalue weighted by molar-refractivity contribution is 0.240. The van der Waals surface area contributed by atoms with Crippen LogP contribution in [0.5, 0.6) is 0 Å². The second kappa shape index (κ2) is 6.77. The Hall–Kier alpha value is -3.18. The molecule has 2 aromatic heterocycles. The summed E-state index contributed by atoms with van der Waals surface area (Å²) in [7, 11) is 0. The highest BCUT2D eigenvalue weighted by Gasteiger charge is 2.21. The Bertz CT molecular complexity index is 1200. The Balaban J connectivity index is 1.42. The smallest absolute Gasteiger partial charge is 0.254 e. The molecule has 5 rings (SSSR count). The van der Waals surface area contributed by atoms with Crippen LogP contribution in [-0.4, -0.2) is 26.4 Å². The normalized spacial score (nSPS) is 14.3. The molecule has 5 heteroatoms. The molecular formula is C23H22N4O. The fraction of sp³-hybridized carbons (Fsp3) is 0.217. The van der Waals surface area contributed by atoms with Crippen molar-refractivity contribution in [1.82, 2.24) is 19.9 Å². The summed E-state index contributed by atoms with van der Waals surface area (Å²) in [4.78, 5) is 26.0. The van der Waals surface area contributed by atoms with E-state index in [0.29, 0.717) is 12.4 Å². The third-order valence-electron chi connectivity index (χ3n) is 5.50. The maximum atomic E-state index is 12.6. The Morgan fingerprint density at radius 3 is 2.82 bits per heavy atom. The van der Waals surface area contributed by atoms with Gasteiger partial charge in [-0.2, -0.15) is 0 Å². The fourth-order valence-corrected chi connectivity index (χ4v) is 3.93. The van der Waals surface area contributed by atoms with Gasteiger partial charge in [0.1, 0.15) is 5.82 Å². The maximum Gasteiger partial charge on any atom is 0.254 e. The Morgan fingerprint density at radius 2 is 1.96 bits per heavy atom. The highest BCUT2D eigenvalue weighted by molar-refractivity contribution is 5.79. The molecule has 0 atom stereocenters. The lowest BCUT2D eigenvalue weighted by Crippen LogP contribution is -2.35. The van der Waals surface area contributed by atoms with Crippen LogP contribution in [-0.2, 0) is 19.5 Å². The lowest BCUT2D eigenvalue weighted by Gasteiger charge is -2.27. The van der Waals surface area contributed by atoms with E-state index in [1.54, 1.807) is 0 Å². The third-order valence-corrected chi connectivity index (χ3v) is 5.50. The van der Waals surface area contributed by atoms with Crippen molar-refractivity contribution in [2.24, 2.45) is 0 Å². The van der Waals surface area contributed by atoms with E-state index < -0.39 is 0 Å². The summed E-state index contributed by atoms with van der Waals surface area (Å²) < 4.78 is 0. The van der Waals surface area contributed by atoms with Crippen molar-refractivity contribution >= 4 is 10.9 Å². The average Bonchev–Trinajstić information content (AvgIpc) is 3.16. The van der Waals surface area contributed by atoms with Crippen LogP contribution in [0.2, 0.25) is 0 Å². The molecule has 0 saturated heterocycles. The summed E-state index contributed by atoms with van der Waals surface area (Å²) in [6.07, 6.45) is 2.70. The number of hydrogen-bond donors (Lipinski definition) is 2. The minimum Gasteiger partial charge on any atom is -0.361 e. The number of hydrogen-bond acceptors (Lipinski definition) is 3.